The lowest BCUT2D eigenvalue weighted by molar-refractivity contribution is -0.117. The summed E-state index contributed by atoms with van der Waals surface area (Å²) in [5, 5.41) is 0. The molecule has 3 nitrogen and oxygen atoms in total. The zero-order valence-electron chi connectivity index (χ0n) is 11.1. The van der Waals surface area contributed by atoms with Crippen LogP contribution in [0, 0.1) is 5.82 Å². The smallest absolute Gasteiger partial charge is 0.231 e. The van der Waals surface area contributed by atoms with Gasteiger partial charge >= 0.3 is 0 Å². The number of ether oxygens (including phenoxy) is 1. The first-order chi connectivity index (χ1) is 9.67. The number of halogens is 1. The summed E-state index contributed by atoms with van der Waals surface area (Å²) in [6.07, 6.45) is 0.267. The number of amides is 1. The van der Waals surface area contributed by atoms with E-state index in [1.165, 1.54) is 12.1 Å². The summed E-state index contributed by atoms with van der Waals surface area (Å²) in [4.78, 5) is 13.7. The highest BCUT2D eigenvalue weighted by atomic mass is 19.1. The maximum atomic E-state index is 13.2. The van der Waals surface area contributed by atoms with E-state index in [4.69, 9.17) is 4.74 Å². The summed E-state index contributed by atoms with van der Waals surface area (Å²) in [6, 6.07) is 12.1. The van der Waals surface area contributed by atoms with E-state index in [2.05, 4.69) is 0 Å². The number of fused-ring (bicyclic) bond motifs is 1. The minimum Gasteiger partial charge on any atom is -0.497 e. The van der Waals surface area contributed by atoms with Gasteiger partial charge in [0.15, 0.2) is 0 Å². The molecule has 102 valence electrons. The first-order valence-corrected chi connectivity index (χ1v) is 6.39. The average molecular weight is 271 g/mol. The maximum Gasteiger partial charge on any atom is 0.231 e. The molecule has 0 atom stereocenters. The van der Waals surface area contributed by atoms with Gasteiger partial charge in [-0.05, 0) is 41.5 Å². The molecule has 0 bridgehead atoms. The highest BCUT2D eigenvalue weighted by molar-refractivity contribution is 6.01. The Morgan fingerprint density at radius 2 is 1.95 bits per heavy atom. The quantitative estimate of drug-likeness (QED) is 0.859. The molecule has 3 rings (SSSR count). The molecule has 0 fully saturated rings. The van der Waals surface area contributed by atoms with Crippen molar-refractivity contribution in [2.45, 2.75) is 13.0 Å². The van der Waals surface area contributed by atoms with E-state index in [9.17, 15) is 9.18 Å². The van der Waals surface area contributed by atoms with Gasteiger partial charge in [-0.15, -0.1) is 0 Å². The van der Waals surface area contributed by atoms with Gasteiger partial charge in [-0.1, -0.05) is 12.1 Å². The van der Waals surface area contributed by atoms with Crippen molar-refractivity contribution in [3.8, 4) is 5.75 Å². The van der Waals surface area contributed by atoms with E-state index >= 15 is 0 Å². The SMILES string of the molecule is COc1ccc(CN2C(=O)Cc3cc(F)ccc32)cc1. The monoisotopic (exact) mass is 271 g/mol. The van der Waals surface area contributed by atoms with Crippen LogP contribution in [0.15, 0.2) is 42.5 Å². The number of rotatable bonds is 3. The van der Waals surface area contributed by atoms with Gasteiger partial charge in [0.1, 0.15) is 11.6 Å². The van der Waals surface area contributed by atoms with Crippen molar-refractivity contribution in [2.75, 3.05) is 12.0 Å². The van der Waals surface area contributed by atoms with Crippen molar-refractivity contribution < 1.29 is 13.9 Å². The Hall–Kier alpha value is -2.36. The van der Waals surface area contributed by atoms with E-state index < -0.39 is 0 Å². The lowest BCUT2D eigenvalue weighted by atomic mass is 10.1. The molecule has 1 aliphatic heterocycles. The number of carbonyl (C=O) groups excluding carboxylic acids is 1. The molecule has 0 unspecified atom stereocenters. The molecule has 2 aromatic carbocycles. The van der Waals surface area contributed by atoms with Crippen molar-refractivity contribution in [1.29, 1.82) is 0 Å². The topological polar surface area (TPSA) is 29.5 Å². The predicted octanol–water partition coefficient (Wildman–Crippen LogP) is 2.92. The Kier molecular flexibility index (Phi) is 3.14. The minimum atomic E-state index is -0.303. The van der Waals surface area contributed by atoms with Crippen LogP contribution >= 0.6 is 0 Å². The number of hydrogen-bond donors (Lipinski definition) is 0. The summed E-state index contributed by atoms with van der Waals surface area (Å²) >= 11 is 0. The Morgan fingerprint density at radius 3 is 2.65 bits per heavy atom. The first kappa shape index (κ1) is 12.7. The summed E-state index contributed by atoms with van der Waals surface area (Å²) in [6.45, 7) is 0.488. The minimum absolute atomic E-state index is 0.00131. The number of benzene rings is 2. The van der Waals surface area contributed by atoms with Gasteiger partial charge in [0.2, 0.25) is 5.91 Å². The third kappa shape index (κ3) is 2.25. The summed E-state index contributed by atoms with van der Waals surface area (Å²) in [5.41, 5.74) is 2.56. The molecule has 0 spiro atoms. The van der Waals surface area contributed by atoms with Crippen molar-refractivity contribution in [1.82, 2.24) is 0 Å². The summed E-state index contributed by atoms with van der Waals surface area (Å²) in [7, 11) is 1.61. The molecule has 0 saturated carbocycles. The zero-order valence-corrected chi connectivity index (χ0v) is 11.1. The van der Waals surface area contributed by atoms with Gasteiger partial charge in [-0.2, -0.15) is 0 Å². The van der Waals surface area contributed by atoms with E-state index in [1.807, 2.05) is 24.3 Å². The van der Waals surface area contributed by atoms with Gasteiger partial charge in [0.05, 0.1) is 20.1 Å². The fourth-order valence-corrected chi connectivity index (χ4v) is 2.44. The van der Waals surface area contributed by atoms with Gasteiger partial charge < -0.3 is 9.64 Å². The Labute approximate surface area is 116 Å². The first-order valence-electron chi connectivity index (χ1n) is 6.39. The van der Waals surface area contributed by atoms with Crippen molar-refractivity contribution in [3.05, 3.63) is 59.4 Å². The van der Waals surface area contributed by atoms with Crippen molar-refractivity contribution in [3.63, 3.8) is 0 Å². The molecule has 20 heavy (non-hydrogen) atoms. The van der Waals surface area contributed by atoms with Gasteiger partial charge in [0, 0.05) is 5.69 Å². The second kappa shape index (κ2) is 4.96. The lowest BCUT2D eigenvalue weighted by Crippen LogP contribution is -2.25. The molecule has 0 N–H and O–H groups in total. The standard InChI is InChI=1S/C16H14FNO2/c1-20-14-5-2-11(3-6-14)10-18-15-7-4-13(17)8-12(15)9-16(18)19/h2-8H,9-10H2,1H3. The van der Waals surface area contributed by atoms with Crippen LogP contribution in [-0.4, -0.2) is 13.0 Å². The van der Waals surface area contributed by atoms with Crippen LogP contribution < -0.4 is 9.64 Å². The van der Waals surface area contributed by atoms with Crippen molar-refractivity contribution >= 4 is 11.6 Å². The van der Waals surface area contributed by atoms with Crippen LogP contribution in [0.25, 0.3) is 0 Å². The number of anilines is 1. The van der Waals surface area contributed by atoms with E-state index in [0.717, 1.165) is 22.6 Å². The predicted molar refractivity (Wildman–Crippen MR) is 74.3 cm³/mol. The Bertz CT molecular complexity index is 652. The molecule has 0 saturated heterocycles. The Morgan fingerprint density at radius 1 is 1.20 bits per heavy atom. The number of nitrogens with zero attached hydrogens (tertiary/aromatic N) is 1. The van der Waals surface area contributed by atoms with Crippen LogP contribution in [0.1, 0.15) is 11.1 Å². The van der Waals surface area contributed by atoms with Crippen LogP contribution in [0.3, 0.4) is 0 Å². The number of methoxy groups -OCH3 is 1. The van der Waals surface area contributed by atoms with Crippen LogP contribution in [0.2, 0.25) is 0 Å². The molecule has 2 aromatic rings. The normalized spacial score (nSPS) is 13.5. The third-order valence-electron chi connectivity index (χ3n) is 3.47. The molecular weight excluding hydrogens is 257 g/mol. The molecule has 1 amide bonds. The van der Waals surface area contributed by atoms with Gasteiger partial charge in [0.25, 0.3) is 0 Å². The van der Waals surface area contributed by atoms with E-state index in [0.29, 0.717) is 6.54 Å². The molecular formula is C16H14FNO2. The van der Waals surface area contributed by atoms with Crippen LogP contribution in [0.4, 0.5) is 10.1 Å². The number of carbonyl (C=O) groups is 1. The summed E-state index contributed by atoms with van der Waals surface area (Å²) in [5.74, 6) is 0.480. The van der Waals surface area contributed by atoms with Crippen LogP contribution in [-0.2, 0) is 17.8 Å². The lowest BCUT2D eigenvalue weighted by Gasteiger charge is -2.17. The molecule has 4 heteroatoms. The fraction of sp³-hybridized carbons (Fsp3) is 0.188. The molecule has 1 heterocycles. The molecule has 0 aromatic heterocycles. The third-order valence-corrected chi connectivity index (χ3v) is 3.47. The molecule has 0 aliphatic carbocycles. The average Bonchev–Trinajstić information content (AvgIpc) is 2.75. The second-order valence-electron chi connectivity index (χ2n) is 4.78. The van der Waals surface area contributed by atoms with Crippen molar-refractivity contribution in [2.24, 2.45) is 0 Å². The second-order valence-corrected chi connectivity index (χ2v) is 4.78. The van der Waals surface area contributed by atoms with Gasteiger partial charge in [-0.25, -0.2) is 4.39 Å². The van der Waals surface area contributed by atoms with E-state index in [-0.39, 0.29) is 18.1 Å². The van der Waals surface area contributed by atoms with Gasteiger partial charge in [-0.3, -0.25) is 4.79 Å². The zero-order chi connectivity index (χ0) is 14.1. The fourth-order valence-electron chi connectivity index (χ4n) is 2.44. The molecule has 1 aliphatic rings. The highest BCUT2D eigenvalue weighted by Crippen LogP contribution is 2.30. The maximum absolute atomic E-state index is 13.2. The molecule has 0 radical (unpaired) electrons. The highest BCUT2D eigenvalue weighted by Gasteiger charge is 2.27. The number of hydrogen-bond acceptors (Lipinski definition) is 2. The largest absolute Gasteiger partial charge is 0.497 e. The Balaban J connectivity index is 1.86. The van der Waals surface area contributed by atoms with E-state index in [1.54, 1.807) is 18.1 Å². The summed E-state index contributed by atoms with van der Waals surface area (Å²) < 4.78 is 18.3. The van der Waals surface area contributed by atoms with Crippen LogP contribution in [0.5, 0.6) is 5.75 Å².